The molecular weight excluding hydrogens is 300 g/mol. The first-order chi connectivity index (χ1) is 11.8. The molecule has 124 valence electrons. The third-order valence-corrected chi connectivity index (χ3v) is 5.04. The number of hydrogen-bond acceptors (Lipinski definition) is 3. The molecule has 0 N–H and O–H groups in total. The highest BCUT2D eigenvalue weighted by molar-refractivity contribution is 5.98. The molecule has 1 saturated heterocycles. The Bertz CT molecular complexity index is 711. The summed E-state index contributed by atoms with van der Waals surface area (Å²) < 4.78 is 5.56. The molecule has 0 radical (unpaired) electrons. The molecule has 4 nitrogen and oxygen atoms in total. The first kappa shape index (κ1) is 15.3. The average molecular weight is 322 g/mol. The van der Waals surface area contributed by atoms with Crippen LogP contribution in [0, 0.1) is 0 Å². The van der Waals surface area contributed by atoms with Crippen molar-refractivity contribution < 1.29 is 9.53 Å². The minimum atomic E-state index is -0.143. The zero-order valence-electron chi connectivity index (χ0n) is 13.7. The number of ether oxygens (including phenoxy) is 1. The van der Waals surface area contributed by atoms with Gasteiger partial charge in [-0.25, -0.2) is 0 Å². The van der Waals surface area contributed by atoms with Crippen molar-refractivity contribution in [2.24, 2.45) is 0 Å². The van der Waals surface area contributed by atoms with Crippen LogP contribution in [0.3, 0.4) is 0 Å². The molecule has 2 aliphatic rings. The number of pyridine rings is 1. The van der Waals surface area contributed by atoms with Crippen LogP contribution in [0.25, 0.3) is 0 Å². The van der Waals surface area contributed by atoms with Gasteiger partial charge in [-0.1, -0.05) is 24.3 Å². The number of aryl methyl sites for hydroxylation is 1. The molecule has 0 spiro atoms. The first-order valence-corrected chi connectivity index (χ1v) is 8.74. The zero-order valence-corrected chi connectivity index (χ0v) is 13.7. The van der Waals surface area contributed by atoms with Crippen molar-refractivity contribution in [2.75, 3.05) is 18.1 Å². The molecule has 4 heteroatoms. The van der Waals surface area contributed by atoms with E-state index < -0.39 is 0 Å². The second kappa shape index (κ2) is 6.73. The molecule has 0 saturated carbocycles. The molecular formula is C20H22N2O2. The van der Waals surface area contributed by atoms with E-state index in [9.17, 15) is 4.79 Å². The van der Waals surface area contributed by atoms with Crippen LogP contribution >= 0.6 is 0 Å². The van der Waals surface area contributed by atoms with Gasteiger partial charge >= 0.3 is 0 Å². The Labute approximate surface area is 142 Å². The second-order valence-electron chi connectivity index (χ2n) is 6.55. The molecule has 24 heavy (non-hydrogen) atoms. The number of aromatic nitrogens is 1. The van der Waals surface area contributed by atoms with Crippen molar-refractivity contribution in [2.45, 2.75) is 37.6 Å². The first-order valence-electron chi connectivity index (χ1n) is 8.74. The number of rotatable bonds is 3. The molecule has 0 bridgehead atoms. The number of para-hydroxylation sites is 1. The molecule has 2 atom stereocenters. The lowest BCUT2D eigenvalue weighted by Gasteiger charge is -2.33. The van der Waals surface area contributed by atoms with Gasteiger partial charge in [0.1, 0.15) is 0 Å². The molecule has 4 rings (SSSR count). The summed E-state index contributed by atoms with van der Waals surface area (Å²) in [6, 6.07) is 14.2. The Kier molecular flexibility index (Phi) is 4.30. The van der Waals surface area contributed by atoms with E-state index in [0.717, 1.165) is 43.7 Å². The number of fused-ring (bicyclic) bond motifs is 1. The van der Waals surface area contributed by atoms with E-state index in [1.165, 1.54) is 5.56 Å². The summed E-state index contributed by atoms with van der Waals surface area (Å²) in [6.45, 7) is 1.34. The van der Waals surface area contributed by atoms with Crippen molar-refractivity contribution in [3.05, 3.63) is 59.9 Å². The standard InChI is InChI=1S/C20H22N2O2/c23-20(18-10-4-6-15-7-5-12-21-19(15)18)22(17-11-13-24-14-17)16-8-2-1-3-9-16/h1-3,5,7-9,12,17-18H,4,6,10-11,13-14H2/t17-,18+/m1/s1. The number of hydrogen-bond donors (Lipinski definition) is 0. The van der Waals surface area contributed by atoms with E-state index in [0.29, 0.717) is 6.61 Å². The predicted molar refractivity (Wildman–Crippen MR) is 93.1 cm³/mol. The lowest BCUT2D eigenvalue weighted by molar-refractivity contribution is -0.121. The summed E-state index contributed by atoms with van der Waals surface area (Å²) in [5.41, 5.74) is 3.15. The zero-order chi connectivity index (χ0) is 16.4. The van der Waals surface area contributed by atoms with Crippen LogP contribution in [0.4, 0.5) is 5.69 Å². The number of amides is 1. The van der Waals surface area contributed by atoms with Gasteiger partial charge in [0.05, 0.1) is 24.3 Å². The Balaban J connectivity index is 1.70. The fourth-order valence-corrected chi connectivity index (χ4v) is 3.85. The van der Waals surface area contributed by atoms with Crippen molar-refractivity contribution in [3.63, 3.8) is 0 Å². The van der Waals surface area contributed by atoms with Gasteiger partial charge in [-0.3, -0.25) is 9.78 Å². The highest BCUT2D eigenvalue weighted by Crippen LogP contribution is 2.34. The minimum Gasteiger partial charge on any atom is -0.379 e. The largest absolute Gasteiger partial charge is 0.379 e. The highest BCUT2D eigenvalue weighted by Gasteiger charge is 2.36. The van der Waals surface area contributed by atoms with Crippen molar-refractivity contribution >= 4 is 11.6 Å². The lowest BCUT2D eigenvalue weighted by atomic mass is 9.85. The Morgan fingerprint density at radius 1 is 1.12 bits per heavy atom. The average Bonchev–Trinajstić information content (AvgIpc) is 3.16. The van der Waals surface area contributed by atoms with Crippen LogP contribution in [0.2, 0.25) is 0 Å². The summed E-state index contributed by atoms with van der Waals surface area (Å²) in [7, 11) is 0. The number of benzene rings is 1. The topological polar surface area (TPSA) is 42.4 Å². The van der Waals surface area contributed by atoms with Gasteiger partial charge in [0.15, 0.2) is 0 Å². The lowest BCUT2D eigenvalue weighted by Crippen LogP contribution is -2.44. The van der Waals surface area contributed by atoms with Gasteiger partial charge in [-0.05, 0) is 49.4 Å². The van der Waals surface area contributed by atoms with Crippen LogP contribution in [0.15, 0.2) is 48.7 Å². The van der Waals surface area contributed by atoms with E-state index in [2.05, 4.69) is 11.1 Å². The van der Waals surface area contributed by atoms with Crippen LogP contribution in [-0.2, 0) is 16.0 Å². The fourth-order valence-electron chi connectivity index (χ4n) is 3.85. The van der Waals surface area contributed by atoms with Crippen LogP contribution in [0.5, 0.6) is 0 Å². The number of carbonyl (C=O) groups excluding carboxylic acids is 1. The van der Waals surface area contributed by atoms with Gasteiger partial charge in [0, 0.05) is 18.5 Å². The monoisotopic (exact) mass is 322 g/mol. The van der Waals surface area contributed by atoms with Crippen LogP contribution in [0.1, 0.15) is 36.4 Å². The molecule has 1 aliphatic carbocycles. The normalized spacial score (nSPS) is 22.8. The van der Waals surface area contributed by atoms with Gasteiger partial charge in [-0.2, -0.15) is 0 Å². The summed E-state index contributed by atoms with van der Waals surface area (Å²) in [5, 5.41) is 0. The minimum absolute atomic E-state index is 0.119. The van der Waals surface area contributed by atoms with Gasteiger partial charge in [0.25, 0.3) is 0 Å². The molecule has 1 aliphatic heterocycles. The van der Waals surface area contributed by atoms with Gasteiger partial charge < -0.3 is 9.64 Å². The molecule has 1 amide bonds. The summed E-state index contributed by atoms with van der Waals surface area (Å²) in [6.07, 6.45) is 5.63. The Morgan fingerprint density at radius 2 is 2.00 bits per heavy atom. The number of carbonyl (C=O) groups is 1. The summed E-state index contributed by atoms with van der Waals surface area (Å²) in [4.78, 5) is 20.0. The smallest absolute Gasteiger partial charge is 0.236 e. The van der Waals surface area contributed by atoms with E-state index in [-0.39, 0.29) is 17.9 Å². The van der Waals surface area contributed by atoms with E-state index in [4.69, 9.17) is 4.74 Å². The number of anilines is 1. The summed E-state index contributed by atoms with van der Waals surface area (Å²) >= 11 is 0. The molecule has 1 aromatic carbocycles. The maximum atomic E-state index is 13.5. The molecule has 2 heterocycles. The Morgan fingerprint density at radius 3 is 2.79 bits per heavy atom. The van der Waals surface area contributed by atoms with Crippen LogP contribution in [-0.4, -0.2) is 30.1 Å². The maximum Gasteiger partial charge on any atom is 0.236 e. The van der Waals surface area contributed by atoms with E-state index in [1.807, 2.05) is 41.3 Å². The Hall–Kier alpha value is -2.20. The third kappa shape index (κ3) is 2.82. The van der Waals surface area contributed by atoms with E-state index >= 15 is 0 Å². The van der Waals surface area contributed by atoms with Crippen molar-refractivity contribution in [1.82, 2.24) is 4.98 Å². The molecule has 0 unspecified atom stereocenters. The van der Waals surface area contributed by atoms with Crippen LogP contribution < -0.4 is 4.90 Å². The number of nitrogens with zero attached hydrogens (tertiary/aromatic N) is 2. The quantitative estimate of drug-likeness (QED) is 0.870. The van der Waals surface area contributed by atoms with E-state index in [1.54, 1.807) is 6.20 Å². The maximum absolute atomic E-state index is 13.5. The predicted octanol–water partition coefficient (Wildman–Crippen LogP) is 3.32. The highest BCUT2D eigenvalue weighted by atomic mass is 16.5. The SMILES string of the molecule is O=C([C@H]1CCCc2cccnc21)N(c1ccccc1)[C@@H]1CCOC1. The molecule has 2 aromatic rings. The van der Waals surface area contributed by atoms with Crippen molar-refractivity contribution in [3.8, 4) is 0 Å². The van der Waals surface area contributed by atoms with Gasteiger partial charge in [0.2, 0.25) is 5.91 Å². The van der Waals surface area contributed by atoms with Crippen molar-refractivity contribution in [1.29, 1.82) is 0 Å². The second-order valence-corrected chi connectivity index (χ2v) is 6.55. The molecule has 1 fully saturated rings. The van der Waals surface area contributed by atoms with Gasteiger partial charge in [-0.15, -0.1) is 0 Å². The summed E-state index contributed by atoms with van der Waals surface area (Å²) in [5.74, 6) is 0.0205. The third-order valence-electron chi connectivity index (χ3n) is 5.04. The molecule has 1 aromatic heterocycles. The fraction of sp³-hybridized carbons (Fsp3) is 0.400.